The van der Waals surface area contributed by atoms with E-state index in [1.54, 1.807) is 6.07 Å². The van der Waals surface area contributed by atoms with E-state index in [2.05, 4.69) is 16.6 Å². The second-order valence-corrected chi connectivity index (χ2v) is 3.31. The Kier molecular flexibility index (Phi) is 3.23. The van der Waals surface area contributed by atoms with Gasteiger partial charge in [-0.25, -0.2) is 4.98 Å². The van der Waals surface area contributed by atoms with Crippen molar-refractivity contribution < 1.29 is 13.9 Å². The smallest absolute Gasteiger partial charge is 0.347 e. The Balaban J connectivity index is 2.75. The summed E-state index contributed by atoms with van der Waals surface area (Å²) in [6.45, 7) is 0. The third-order valence-corrected chi connectivity index (χ3v) is 1.97. The molecule has 0 saturated heterocycles. The summed E-state index contributed by atoms with van der Waals surface area (Å²) in [5.41, 5.74) is 5.75. The summed E-state index contributed by atoms with van der Waals surface area (Å²) in [7, 11) is 0. The maximum absolute atomic E-state index is 12.4. The van der Waals surface area contributed by atoms with E-state index in [1.165, 1.54) is 12.3 Å². The van der Waals surface area contributed by atoms with Crippen LogP contribution in [0, 0.1) is 0 Å². The molecule has 6 heteroatoms. The van der Waals surface area contributed by atoms with E-state index in [0.29, 0.717) is 5.56 Å². The molecule has 1 aromatic rings. The number of aromatic nitrogens is 1. The summed E-state index contributed by atoms with van der Waals surface area (Å²) in [6.07, 6.45) is -0.851. The van der Waals surface area contributed by atoms with Gasteiger partial charge in [0.1, 0.15) is 11.9 Å². The van der Waals surface area contributed by atoms with Gasteiger partial charge in [0.2, 0.25) is 0 Å². The van der Waals surface area contributed by atoms with Gasteiger partial charge in [-0.2, -0.15) is 8.78 Å². The number of alkyl halides is 3. The third kappa shape index (κ3) is 2.78. The number of aliphatic hydroxyl groups is 1. The zero-order valence-corrected chi connectivity index (χ0v) is 7.88. The molecule has 0 aliphatic rings. The third-order valence-electron chi connectivity index (χ3n) is 1.72. The highest BCUT2D eigenvalue weighted by molar-refractivity contribution is 6.22. The topological polar surface area (TPSA) is 59.1 Å². The Morgan fingerprint density at radius 2 is 2.29 bits per heavy atom. The van der Waals surface area contributed by atoms with Crippen LogP contribution in [-0.4, -0.2) is 21.6 Å². The van der Waals surface area contributed by atoms with Crippen molar-refractivity contribution in [3.8, 4) is 0 Å². The number of aliphatic hydroxyl groups excluding tert-OH is 1. The maximum Gasteiger partial charge on any atom is 0.347 e. The summed E-state index contributed by atoms with van der Waals surface area (Å²) in [5.74, 6) is 0.118. The fraction of sp³-hybridized carbons (Fsp3) is 0.375. The molecule has 1 atom stereocenters. The summed E-state index contributed by atoms with van der Waals surface area (Å²) < 4.78 is 24.8. The zero-order chi connectivity index (χ0) is 10.8. The molecule has 1 unspecified atom stereocenters. The number of halogens is 3. The molecular formula is C8H9ClF2N2O. The van der Waals surface area contributed by atoms with Crippen molar-refractivity contribution in [2.75, 3.05) is 5.73 Å². The number of nitrogens with zero attached hydrogens (tertiary/aromatic N) is 1. The van der Waals surface area contributed by atoms with Gasteiger partial charge in [0.05, 0.1) is 0 Å². The molecule has 0 spiro atoms. The monoisotopic (exact) mass is 222 g/mol. The highest BCUT2D eigenvalue weighted by Crippen LogP contribution is 2.26. The van der Waals surface area contributed by atoms with Crippen LogP contribution in [0.5, 0.6) is 0 Å². The lowest BCUT2D eigenvalue weighted by Gasteiger charge is -2.16. The van der Waals surface area contributed by atoms with Crippen LogP contribution in [0.1, 0.15) is 5.56 Å². The highest BCUT2D eigenvalue weighted by atomic mass is 35.5. The Labute approximate surface area is 84.5 Å². The highest BCUT2D eigenvalue weighted by Gasteiger charge is 2.35. The van der Waals surface area contributed by atoms with Crippen LogP contribution in [0.4, 0.5) is 14.6 Å². The lowest BCUT2D eigenvalue weighted by molar-refractivity contribution is -0.0397. The van der Waals surface area contributed by atoms with Crippen LogP contribution in [0.2, 0.25) is 0 Å². The molecule has 0 bridgehead atoms. The van der Waals surface area contributed by atoms with Gasteiger partial charge >= 0.3 is 5.38 Å². The van der Waals surface area contributed by atoms with Gasteiger partial charge in [-0.3, -0.25) is 0 Å². The average molecular weight is 223 g/mol. The van der Waals surface area contributed by atoms with Gasteiger partial charge in [-0.1, -0.05) is 6.07 Å². The number of nitrogen functional groups attached to an aromatic ring is 1. The van der Waals surface area contributed by atoms with E-state index in [1.807, 2.05) is 0 Å². The number of pyridine rings is 1. The van der Waals surface area contributed by atoms with E-state index >= 15 is 0 Å². The van der Waals surface area contributed by atoms with E-state index < -0.39 is 11.5 Å². The molecular weight excluding hydrogens is 214 g/mol. The molecule has 3 N–H and O–H groups in total. The molecule has 78 valence electrons. The van der Waals surface area contributed by atoms with Crippen molar-refractivity contribution in [3.05, 3.63) is 23.9 Å². The average Bonchev–Trinajstić information content (AvgIpc) is 2.07. The minimum Gasteiger partial charge on any atom is -0.385 e. The SMILES string of the molecule is Nc1ncccc1CC(O)C(F)(F)Cl. The van der Waals surface area contributed by atoms with Crippen molar-refractivity contribution >= 4 is 17.4 Å². The Hall–Kier alpha value is -0.940. The van der Waals surface area contributed by atoms with E-state index in [4.69, 9.17) is 10.8 Å². The van der Waals surface area contributed by atoms with Crippen molar-refractivity contribution in [3.63, 3.8) is 0 Å². The predicted molar refractivity (Wildman–Crippen MR) is 49.2 cm³/mol. The number of hydrogen-bond acceptors (Lipinski definition) is 3. The van der Waals surface area contributed by atoms with Crippen LogP contribution in [-0.2, 0) is 6.42 Å². The zero-order valence-electron chi connectivity index (χ0n) is 7.12. The van der Waals surface area contributed by atoms with Crippen molar-refractivity contribution in [1.82, 2.24) is 4.98 Å². The first-order valence-corrected chi connectivity index (χ1v) is 4.23. The molecule has 3 nitrogen and oxygen atoms in total. The Morgan fingerprint density at radius 1 is 1.64 bits per heavy atom. The van der Waals surface area contributed by atoms with Gasteiger partial charge in [0.25, 0.3) is 0 Å². The fourth-order valence-electron chi connectivity index (χ4n) is 0.947. The molecule has 1 rings (SSSR count). The Morgan fingerprint density at radius 3 is 2.79 bits per heavy atom. The maximum atomic E-state index is 12.4. The number of rotatable bonds is 3. The minimum absolute atomic E-state index is 0.118. The van der Waals surface area contributed by atoms with Crippen LogP contribution in [0.25, 0.3) is 0 Å². The summed E-state index contributed by atoms with van der Waals surface area (Å²) in [5, 5.41) is 5.35. The van der Waals surface area contributed by atoms with Gasteiger partial charge in [0, 0.05) is 12.6 Å². The van der Waals surface area contributed by atoms with Crippen LogP contribution in [0.15, 0.2) is 18.3 Å². The van der Waals surface area contributed by atoms with Crippen LogP contribution < -0.4 is 5.73 Å². The molecule has 0 aromatic carbocycles. The van der Waals surface area contributed by atoms with Crippen molar-refractivity contribution in [2.45, 2.75) is 17.9 Å². The second-order valence-electron chi connectivity index (χ2n) is 2.81. The second kappa shape index (κ2) is 4.06. The predicted octanol–water partition coefficient (Wildman–Crippen LogP) is 1.40. The summed E-state index contributed by atoms with van der Waals surface area (Å²) in [6, 6.07) is 3.05. The summed E-state index contributed by atoms with van der Waals surface area (Å²) in [4.78, 5) is 3.69. The van der Waals surface area contributed by atoms with Crippen LogP contribution in [0.3, 0.4) is 0 Å². The number of hydrogen-bond donors (Lipinski definition) is 2. The van der Waals surface area contributed by atoms with Gasteiger partial charge in [-0.05, 0) is 23.2 Å². The molecule has 0 radical (unpaired) electrons. The van der Waals surface area contributed by atoms with Gasteiger partial charge in [0.15, 0.2) is 0 Å². The number of anilines is 1. The first-order valence-electron chi connectivity index (χ1n) is 3.85. The number of nitrogens with two attached hydrogens (primary N) is 1. The van der Waals surface area contributed by atoms with Gasteiger partial charge in [-0.15, -0.1) is 0 Å². The van der Waals surface area contributed by atoms with Gasteiger partial charge < -0.3 is 10.8 Å². The largest absolute Gasteiger partial charge is 0.385 e. The first kappa shape index (κ1) is 11.1. The lowest BCUT2D eigenvalue weighted by atomic mass is 10.1. The molecule has 0 saturated carbocycles. The van der Waals surface area contributed by atoms with E-state index in [-0.39, 0.29) is 12.2 Å². The molecule has 0 fully saturated rings. The molecule has 0 aliphatic carbocycles. The summed E-state index contributed by atoms with van der Waals surface area (Å²) >= 11 is 4.64. The van der Waals surface area contributed by atoms with E-state index in [0.717, 1.165) is 0 Å². The van der Waals surface area contributed by atoms with Crippen molar-refractivity contribution in [1.29, 1.82) is 0 Å². The van der Waals surface area contributed by atoms with Crippen molar-refractivity contribution in [2.24, 2.45) is 0 Å². The first-order chi connectivity index (χ1) is 6.41. The van der Waals surface area contributed by atoms with Crippen LogP contribution >= 0.6 is 11.6 Å². The molecule has 1 heterocycles. The molecule has 0 amide bonds. The molecule has 0 aliphatic heterocycles. The molecule has 1 aromatic heterocycles. The lowest BCUT2D eigenvalue weighted by Crippen LogP contribution is -2.29. The minimum atomic E-state index is -3.65. The standard InChI is InChI=1S/C8H9ClF2N2O/c9-8(10,11)6(14)4-5-2-1-3-13-7(5)12/h1-3,6,14H,4H2,(H2,12,13). The Bertz CT molecular complexity index is 316. The quantitative estimate of drug-likeness (QED) is 0.760. The molecule has 14 heavy (non-hydrogen) atoms. The fourth-order valence-corrected chi connectivity index (χ4v) is 1.02. The van der Waals surface area contributed by atoms with E-state index in [9.17, 15) is 8.78 Å². The normalized spacial score (nSPS) is 14.0.